The molecule has 0 radical (unpaired) electrons. The lowest BCUT2D eigenvalue weighted by atomic mass is 9.54. The second kappa shape index (κ2) is 5.77. The van der Waals surface area contributed by atoms with Crippen molar-refractivity contribution in [3.05, 3.63) is 65.0 Å². The van der Waals surface area contributed by atoms with Gasteiger partial charge in [0.25, 0.3) is 0 Å². The van der Waals surface area contributed by atoms with Gasteiger partial charge >= 0.3 is 0 Å². The monoisotopic (exact) mass is 345 g/mol. The number of rotatable bonds is 1. The Labute approximate surface area is 151 Å². The summed E-state index contributed by atoms with van der Waals surface area (Å²) in [6.07, 6.45) is 5.17. The number of carbonyl (C=O) groups is 2. The summed E-state index contributed by atoms with van der Waals surface area (Å²) >= 11 is 0. The molecule has 0 amide bonds. The van der Waals surface area contributed by atoms with Crippen LogP contribution in [0.2, 0.25) is 0 Å². The lowest BCUT2D eigenvalue weighted by Gasteiger charge is -2.46. The van der Waals surface area contributed by atoms with Crippen molar-refractivity contribution in [2.75, 3.05) is 0 Å². The van der Waals surface area contributed by atoms with Crippen LogP contribution in [0, 0.1) is 23.2 Å². The summed E-state index contributed by atoms with van der Waals surface area (Å²) in [5.74, 6) is -0.509. The Hall–Kier alpha value is -3.00. The Kier molecular flexibility index (Phi) is 3.66. The molecule has 5 nitrogen and oxygen atoms in total. The average molecular weight is 345 g/mol. The topological polar surface area (TPSA) is 75.8 Å². The highest BCUT2D eigenvalue weighted by molar-refractivity contribution is 6.02. The Balaban J connectivity index is 2.07. The summed E-state index contributed by atoms with van der Waals surface area (Å²) in [5, 5.41) is 14.2. The van der Waals surface area contributed by atoms with Gasteiger partial charge in [0, 0.05) is 19.0 Å². The van der Waals surface area contributed by atoms with Crippen LogP contribution in [0.3, 0.4) is 0 Å². The van der Waals surface area contributed by atoms with Gasteiger partial charge in [0.1, 0.15) is 6.07 Å². The summed E-state index contributed by atoms with van der Waals surface area (Å²) in [5.41, 5.74) is 2.33. The molecule has 1 aromatic carbocycles. The molecular formula is C21H19N3O2. The van der Waals surface area contributed by atoms with Crippen LogP contribution < -0.4 is 0 Å². The zero-order valence-corrected chi connectivity index (χ0v) is 14.8. The number of ketones is 1. The van der Waals surface area contributed by atoms with Crippen molar-refractivity contribution in [1.29, 1.82) is 5.26 Å². The van der Waals surface area contributed by atoms with Crippen molar-refractivity contribution < 1.29 is 9.59 Å². The third kappa shape index (κ3) is 2.12. The minimum Gasteiger partial charge on any atom is -0.293 e. The van der Waals surface area contributed by atoms with E-state index in [4.69, 9.17) is 0 Å². The molecule has 0 bridgehead atoms. The van der Waals surface area contributed by atoms with Crippen LogP contribution in [0.1, 0.15) is 41.9 Å². The van der Waals surface area contributed by atoms with Gasteiger partial charge in [-0.2, -0.15) is 10.4 Å². The maximum Gasteiger partial charge on any atom is 0.243 e. The van der Waals surface area contributed by atoms with Crippen LogP contribution in [-0.2, 0) is 16.6 Å². The lowest BCUT2D eigenvalue weighted by Crippen LogP contribution is -2.48. The number of benzene rings is 1. The molecule has 0 saturated heterocycles. The summed E-state index contributed by atoms with van der Waals surface area (Å²) < 4.78 is 1.37. The van der Waals surface area contributed by atoms with Gasteiger partial charge in [-0.3, -0.25) is 9.59 Å². The molecule has 1 aromatic heterocycles. The fraction of sp³-hybridized carbons (Fsp3) is 0.333. The summed E-state index contributed by atoms with van der Waals surface area (Å²) in [6.45, 7) is 3.39. The first kappa shape index (κ1) is 16.5. The van der Waals surface area contributed by atoms with Crippen LogP contribution in [0.5, 0.6) is 0 Å². The predicted molar refractivity (Wildman–Crippen MR) is 95.4 cm³/mol. The number of carbonyl (C=O) groups excluding carboxylic acids is 2. The Bertz CT molecular complexity index is 980. The molecule has 0 spiro atoms. The molecule has 0 N–H and O–H groups in total. The number of Topliss-reactive ketones (excluding diaryl/α,β-unsaturated/α-hetero) is 1. The maximum atomic E-state index is 12.6. The molecule has 3 atom stereocenters. The zero-order valence-electron chi connectivity index (χ0n) is 14.8. The smallest absolute Gasteiger partial charge is 0.243 e. The molecule has 2 aromatic rings. The molecule has 0 saturated carbocycles. The molecule has 4 rings (SSSR count). The van der Waals surface area contributed by atoms with Gasteiger partial charge in [0.15, 0.2) is 5.78 Å². The van der Waals surface area contributed by atoms with Crippen molar-refractivity contribution in [2.45, 2.75) is 32.1 Å². The third-order valence-electron chi connectivity index (χ3n) is 5.84. The number of aromatic nitrogens is 2. The van der Waals surface area contributed by atoms with Crippen LogP contribution in [-0.4, -0.2) is 21.5 Å². The minimum absolute atomic E-state index is 0.0114. The number of fused-ring (bicyclic) bond motifs is 3. The van der Waals surface area contributed by atoms with E-state index >= 15 is 0 Å². The number of hydrogen-bond acceptors (Lipinski definition) is 4. The highest BCUT2D eigenvalue weighted by Gasteiger charge is 2.53. The second-order valence-electron chi connectivity index (χ2n) is 7.17. The number of hydrogen-bond donors (Lipinski definition) is 0. The van der Waals surface area contributed by atoms with E-state index in [-0.39, 0.29) is 29.1 Å². The highest BCUT2D eigenvalue weighted by Crippen LogP contribution is 2.53. The lowest BCUT2D eigenvalue weighted by molar-refractivity contribution is -0.121. The molecule has 0 unspecified atom stereocenters. The van der Waals surface area contributed by atoms with Crippen molar-refractivity contribution in [3.63, 3.8) is 0 Å². The molecule has 2 aliphatic rings. The standard InChI is InChI=1S/C21H19N3O2/c1-13-18-9-8-15-12-24(14(2)25)23-20(15)21(18,10-16(11-22)19(13)26)17-6-4-3-5-7-17/h3-7,10,12-13,18H,8-9H2,1-2H3/t13-,18-,21-/m1/s1. The zero-order chi connectivity index (χ0) is 18.5. The fourth-order valence-electron chi connectivity index (χ4n) is 4.60. The van der Waals surface area contributed by atoms with E-state index in [2.05, 4.69) is 11.2 Å². The normalized spacial score (nSPS) is 27.1. The van der Waals surface area contributed by atoms with E-state index in [1.54, 1.807) is 12.3 Å². The van der Waals surface area contributed by atoms with E-state index < -0.39 is 5.41 Å². The molecule has 1 heterocycles. The Morgan fingerprint density at radius 3 is 2.73 bits per heavy atom. The van der Waals surface area contributed by atoms with E-state index in [1.165, 1.54) is 11.6 Å². The number of nitriles is 1. The molecule has 0 fully saturated rings. The van der Waals surface area contributed by atoms with Crippen LogP contribution >= 0.6 is 0 Å². The van der Waals surface area contributed by atoms with Gasteiger partial charge in [0.2, 0.25) is 5.91 Å². The van der Waals surface area contributed by atoms with Crippen LogP contribution in [0.4, 0.5) is 0 Å². The molecule has 26 heavy (non-hydrogen) atoms. The van der Waals surface area contributed by atoms with Gasteiger partial charge in [0.05, 0.1) is 16.7 Å². The van der Waals surface area contributed by atoms with Gasteiger partial charge < -0.3 is 0 Å². The quantitative estimate of drug-likeness (QED) is 0.796. The first-order chi connectivity index (χ1) is 12.5. The van der Waals surface area contributed by atoms with Crippen LogP contribution in [0.15, 0.2) is 48.2 Å². The summed E-state index contributed by atoms with van der Waals surface area (Å²) in [4.78, 5) is 24.5. The highest BCUT2D eigenvalue weighted by atomic mass is 16.2. The van der Waals surface area contributed by atoms with Crippen molar-refractivity contribution in [1.82, 2.24) is 9.78 Å². The second-order valence-corrected chi connectivity index (χ2v) is 7.17. The average Bonchev–Trinajstić information content (AvgIpc) is 3.10. The van der Waals surface area contributed by atoms with E-state index in [0.29, 0.717) is 0 Å². The Morgan fingerprint density at radius 1 is 1.35 bits per heavy atom. The van der Waals surface area contributed by atoms with Gasteiger partial charge in [-0.15, -0.1) is 0 Å². The van der Waals surface area contributed by atoms with Crippen molar-refractivity contribution >= 4 is 11.7 Å². The SMILES string of the molecule is CC(=O)n1cc2c(n1)[C@@]1(c3ccccc3)C=C(C#N)C(=O)[C@H](C)[C@H]1CC2. The van der Waals surface area contributed by atoms with Crippen LogP contribution in [0.25, 0.3) is 0 Å². The molecule has 2 aliphatic carbocycles. The molecule has 0 aliphatic heterocycles. The maximum absolute atomic E-state index is 12.6. The van der Waals surface area contributed by atoms with Crippen molar-refractivity contribution in [2.24, 2.45) is 11.8 Å². The van der Waals surface area contributed by atoms with E-state index in [0.717, 1.165) is 29.7 Å². The number of nitrogens with zero attached hydrogens (tertiary/aromatic N) is 3. The fourth-order valence-corrected chi connectivity index (χ4v) is 4.60. The largest absolute Gasteiger partial charge is 0.293 e. The number of allylic oxidation sites excluding steroid dienone is 2. The van der Waals surface area contributed by atoms with E-state index in [9.17, 15) is 14.9 Å². The first-order valence-corrected chi connectivity index (χ1v) is 8.81. The van der Waals surface area contributed by atoms with Crippen molar-refractivity contribution in [3.8, 4) is 6.07 Å². The molecule has 130 valence electrons. The summed E-state index contributed by atoms with van der Waals surface area (Å²) in [7, 11) is 0. The Morgan fingerprint density at radius 2 is 2.08 bits per heavy atom. The minimum atomic E-state index is -0.659. The van der Waals surface area contributed by atoms with Gasteiger partial charge in [-0.05, 0) is 36.0 Å². The third-order valence-corrected chi connectivity index (χ3v) is 5.84. The van der Waals surface area contributed by atoms with E-state index in [1.807, 2.05) is 37.3 Å². The molecule has 5 heteroatoms. The van der Waals surface area contributed by atoms with Gasteiger partial charge in [-0.25, -0.2) is 4.68 Å². The molecular weight excluding hydrogens is 326 g/mol. The van der Waals surface area contributed by atoms with Gasteiger partial charge in [-0.1, -0.05) is 37.3 Å². The number of aryl methyl sites for hydroxylation is 1. The summed E-state index contributed by atoms with van der Waals surface area (Å²) in [6, 6.07) is 12.0. The first-order valence-electron chi connectivity index (χ1n) is 8.81. The predicted octanol–water partition coefficient (Wildman–Crippen LogP) is 3.06.